The third kappa shape index (κ3) is 2.62. The van der Waals surface area contributed by atoms with Crippen LogP contribution in [0.15, 0.2) is 28.9 Å². The topological polar surface area (TPSA) is 51.5 Å². The maximum Gasteiger partial charge on any atom is 0.224 e. The highest BCUT2D eigenvalue weighted by Gasteiger charge is 2.48. The van der Waals surface area contributed by atoms with Crippen molar-refractivity contribution in [2.24, 2.45) is 23.7 Å². The third-order valence-electron chi connectivity index (χ3n) is 6.77. The van der Waals surface area contributed by atoms with E-state index in [0.717, 1.165) is 34.1 Å². The molecule has 4 aliphatic rings. The second-order valence-corrected chi connectivity index (χ2v) is 8.32. The Hall–Kier alpha value is -1.97. The molecule has 4 saturated carbocycles. The molecular weight excluding hydrogens is 314 g/mol. The van der Waals surface area contributed by atoms with Gasteiger partial charge in [0.2, 0.25) is 5.91 Å². The lowest BCUT2D eigenvalue weighted by Gasteiger charge is -2.54. The summed E-state index contributed by atoms with van der Waals surface area (Å²) in [6, 6.07) is 6.16. The molecule has 0 unspecified atom stereocenters. The van der Waals surface area contributed by atoms with Gasteiger partial charge in [0, 0.05) is 23.1 Å². The molecule has 0 aliphatic heterocycles. The van der Waals surface area contributed by atoms with Crippen molar-refractivity contribution in [3.05, 3.63) is 30.0 Å². The van der Waals surface area contributed by atoms with Gasteiger partial charge in [-0.1, -0.05) is 0 Å². The second kappa shape index (κ2) is 5.79. The zero-order chi connectivity index (χ0) is 17.0. The largest absolute Gasteiger partial charge is 0.497 e. The molecule has 2 aromatic rings. The minimum absolute atomic E-state index is 0.135. The summed E-state index contributed by atoms with van der Waals surface area (Å²) in [4.78, 5) is 12.7. The van der Waals surface area contributed by atoms with Crippen LogP contribution in [0.2, 0.25) is 0 Å². The zero-order valence-electron chi connectivity index (χ0n) is 14.7. The number of carbonyl (C=O) groups is 1. The number of benzene rings is 1. The highest BCUT2D eigenvalue weighted by atomic mass is 16.5. The summed E-state index contributed by atoms with van der Waals surface area (Å²) in [6.45, 7) is 0. The average Bonchev–Trinajstić information content (AvgIpc) is 2.99. The molecule has 0 saturated heterocycles. The number of hydrogen-bond donors (Lipinski definition) is 1. The molecule has 1 N–H and O–H groups in total. The smallest absolute Gasteiger partial charge is 0.224 e. The first-order valence-electron chi connectivity index (χ1n) is 9.53. The number of fused-ring (bicyclic) bond motifs is 1. The van der Waals surface area contributed by atoms with Crippen LogP contribution in [0.1, 0.15) is 37.7 Å². The van der Waals surface area contributed by atoms with Gasteiger partial charge in [0.15, 0.2) is 0 Å². The molecule has 1 heterocycles. The summed E-state index contributed by atoms with van der Waals surface area (Å²) in [5.74, 6) is 4.20. The summed E-state index contributed by atoms with van der Waals surface area (Å²) in [5, 5.41) is 4.38. The lowest BCUT2D eigenvalue weighted by molar-refractivity contribution is -0.124. The van der Waals surface area contributed by atoms with E-state index in [4.69, 9.17) is 9.15 Å². The van der Waals surface area contributed by atoms with Crippen LogP contribution < -0.4 is 10.1 Å². The van der Waals surface area contributed by atoms with E-state index < -0.39 is 0 Å². The third-order valence-corrected chi connectivity index (χ3v) is 6.77. The number of furan rings is 1. The normalized spacial score (nSPS) is 32.9. The summed E-state index contributed by atoms with van der Waals surface area (Å²) in [6.07, 6.45) is 8.85. The van der Waals surface area contributed by atoms with Gasteiger partial charge in [-0.3, -0.25) is 4.79 Å². The quantitative estimate of drug-likeness (QED) is 0.918. The van der Waals surface area contributed by atoms with Gasteiger partial charge in [-0.05, 0) is 67.9 Å². The number of rotatable bonds is 4. The van der Waals surface area contributed by atoms with E-state index in [-0.39, 0.29) is 5.91 Å². The molecule has 4 fully saturated rings. The van der Waals surface area contributed by atoms with Crippen LogP contribution in [0.4, 0.5) is 0 Å². The molecule has 132 valence electrons. The molecule has 4 nitrogen and oxygen atoms in total. The lowest BCUT2D eigenvalue weighted by atomic mass is 9.54. The monoisotopic (exact) mass is 339 g/mol. The molecular formula is C21H25NO3. The van der Waals surface area contributed by atoms with Crippen LogP contribution in [0, 0.1) is 23.7 Å². The Bertz CT molecular complexity index is 781. The Kier molecular flexibility index (Phi) is 3.54. The predicted molar refractivity (Wildman–Crippen MR) is 95.4 cm³/mol. The summed E-state index contributed by atoms with van der Waals surface area (Å²) in [7, 11) is 1.64. The van der Waals surface area contributed by atoms with E-state index in [2.05, 4.69) is 5.32 Å². The Balaban J connectivity index is 1.29. The van der Waals surface area contributed by atoms with Crippen molar-refractivity contribution < 1.29 is 13.9 Å². The summed E-state index contributed by atoms with van der Waals surface area (Å²) in [5.41, 5.74) is 1.73. The lowest BCUT2D eigenvalue weighted by Crippen LogP contribution is -2.56. The number of ether oxygens (including phenoxy) is 1. The van der Waals surface area contributed by atoms with Gasteiger partial charge in [0.05, 0.1) is 19.8 Å². The zero-order valence-corrected chi connectivity index (χ0v) is 14.7. The van der Waals surface area contributed by atoms with Gasteiger partial charge in [-0.15, -0.1) is 0 Å². The Labute approximate surface area is 147 Å². The number of hydrogen-bond acceptors (Lipinski definition) is 3. The predicted octanol–water partition coefficient (Wildman–Crippen LogP) is 3.92. The molecule has 4 heteroatoms. The Morgan fingerprint density at radius 3 is 2.56 bits per heavy atom. The van der Waals surface area contributed by atoms with Gasteiger partial charge >= 0.3 is 0 Å². The highest BCUT2D eigenvalue weighted by Crippen LogP contribution is 2.53. The molecule has 4 aliphatic carbocycles. The van der Waals surface area contributed by atoms with E-state index >= 15 is 0 Å². The SMILES string of the molecule is COc1ccc2c(CC(=O)NC3C4CC5CC(C4)CC3C5)coc2c1. The van der Waals surface area contributed by atoms with E-state index in [1.165, 1.54) is 32.1 Å². The summed E-state index contributed by atoms with van der Waals surface area (Å²) < 4.78 is 10.8. The van der Waals surface area contributed by atoms with Crippen LogP contribution in [0.3, 0.4) is 0 Å². The molecule has 1 amide bonds. The molecule has 1 aromatic heterocycles. The average molecular weight is 339 g/mol. The number of amides is 1. The Morgan fingerprint density at radius 1 is 1.16 bits per heavy atom. The van der Waals surface area contributed by atoms with Crippen molar-refractivity contribution in [2.75, 3.05) is 7.11 Å². The van der Waals surface area contributed by atoms with Crippen molar-refractivity contribution in [3.8, 4) is 5.75 Å². The van der Waals surface area contributed by atoms with Crippen LogP contribution in [-0.4, -0.2) is 19.1 Å². The van der Waals surface area contributed by atoms with Gasteiger partial charge in [-0.2, -0.15) is 0 Å². The van der Waals surface area contributed by atoms with Crippen LogP contribution >= 0.6 is 0 Å². The number of carbonyl (C=O) groups excluding carboxylic acids is 1. The van der Waals surface area contributed by atoms with Gasteiger partial charge in [-0.25, -0.2) is 0 Å². The first kappa shape index (κ1) is 15.3. The fourth-order valence-corrected chi connectivity index (χ4v) is 5.90. The van der Waals surface area contributed by atoms with E-state index in [1.54, 1.807) is 13.4 Å². The van der Waals surface area contributed by atoms with Crippen molar-refractivity contribution in [2.45, 2.75) is 44.6 Å². The first-order valence-corrected chi connectivity index (χ1v) is 9.53. The standard InChI is InChI=1S/C21H25NO3/c1-24-17-2-3-18-16(11-25-19(18)10-17)9-20(23)22-21-14-5-12-4-13(7-14)8-15(21)6-12/h2-3,10-15,21H,4-9H2,1H3,(H,22,23). The summed E-state index contributed by atoms with van der Waals surface area (Å²) >= 11 is 0. The highest BCUT2D eigenvalue weighted by molar-refractivity contribution is 5.88. The molecule has 4 bridgehead atoms. The van der Waals surface area contributed by atoms with Crippen LogP contribution in [0.25, 0.3) is 11.0 Å². The van der Waals surface area contributed by atoms with E-state index in [0.29, 0.717) is 24.3 Å². The van der Waals surface area contributed by atoms with Crippen molar-refractivity contribution in [1.82, 2.24) is 5.32 Å². The minimum atomic E-state index is 0.135. The second-order valence-electron chi connectivity index (χ2n) is 8.32. The molecule has 0 radical (unpaired) electrons. The molecule has 25 heavy (non-hydrogen) atoms. The molecule has 0 atom stereocenters. The van der Waals surface area contributed by atoms with Crippen molar-refractivity contribution >= 4 is 16.9 Å². The maximum absolute atomic E-state index is 12.7. The van der Waals surface area contributed by atoms with Crippen molar-refractivity contribution in [3.63, 3.8) is 0 Å². The number of nitrogens with one attached hydrogen (secondary N) is 1. The molecule has 0 spiro atoms. The fourth-order valence-electron chi connectivity index (χ4n) is 5.90. The molecule has 1 aromatic carbocycles. The molecule has 6 rings (SSSR count). The maximum atomic E-state index is 12.7. The van der Waals surface area contributed by atoms with Crippen LogP contribution in [0.5, 0.6) is 5.75 Å². The minimum Gasteiger partial charge on any atom is -0.497 e. The van der Waals surface area contributed by atoms with Gasteiger partial charge in [0.25, 0.3) is 0 Å². The van der Waals surface area contributed by atoms with E-state index in [9.17, 15) is 4.79 Å². The Morgan fingerprint density at radius 2 is 1.88 bits per heavy atom. The van der Waals surface area contributed by atoms with Crippen molar-refractivity contribution in [1.29, 1.82) is 0 Å². The van der Waals surface area contributed by atoms with Gasteiger partial charge < -0.3 is 14.5 Å². The van der Waals surface area contributed by atoms with Gasteiger partial charge in [0.1, 0.15) is 11.3 Å². The first-order chi connectivity index (χ1) is 12.2. The van der Waals surface area contributed by atoms with E-state index in [1.807, 2.05) is 18.2 Å². The fraction of sp³-hybridized carbons (Fsp3) is 0.571. The van der Waals surface area contributed by atoms with Crippen LogP contribution in [-0.2, 0) is 11.2 Å². The number of methoxy groups -OCH3 is 1.